The van der Waals surface area contributed by atoms with Crippen LogP contribution < -0.4 is 5.32 Å². The van der Waals surface area contributed by atoms with Gasteiger partial charge in [0.2, 0.25) is 5.91 Å². The molecule has 0 aliphatic carbocycles. The molecule has 2 aliphatic rings. The minimum atomic E-state index is -0.966. The van der Waals surface area contributed by atoms with E-state index in [0.29, 0.717) is 12.5 Å². The molecule has 0 aromatic carbocycles. The number of carbonyl (C=O) groups excluding carboxylic acids is 1. The summed E-state index contributed by atoms with van der Waals surface area (Å²) < 4.78 is 5.43. The Morgan fingerprint density at radius 2 is 1.88 bits per heavy atom. The summed E-state index contributed by atoms with van der Waals surface area (Å²) >= 11 is 0. The highest BCUT2D eigenvalue weighted by molar-refractivity contribution is 5.87. The monoisotopic (exact) mass is 239 g/mol. The second-order valence-corrected chi connectivity index (χ2v) is 4.98. The maximum atomic E-state index is 12.0. The number of carbonyl (C=O) groups is 2. The fourth-order valence-corrected chi connectivity index (χ4v) is 2.34. The van der Waals surface area contributed by atoms with Gasteiger partial charge in [-0.3, -0.25) is 9.59 Å². The van der Waals surface area contributed by atoms with Crippen LogP contribution in [-0.2, 0) is 14.3 Å². The quantitative estimate of drug-likeness (QED) is 0.697. The molecular weight excluding hydrogens is 222 g/mol. The van der Waals surface area contributed by atoms with Gasteiger partial charge in [-0.25, -0.2) is 0 Å². The van der Waals surface area contributed by atoms with E-state index in [1.54, 1.807) is 12.2 Å². The largest absolute Gasteiger partial charge is 0.481 e. The standard InChI is InChI=1S/C12H17NO4/c1-6(2)5-13-11(14)9-7-3-4-8(17-7)10(9)12(15)16/h3-4,6-10H,5H2,1-2H3,(H,13,14)(H,15,16). The van der Waals surface area contributed by atoms with Crippen LogP contribution in [0.3, 0.4) is 0 Å². The fourth-order valence-electron chi connectivity index (χ4n) is 2.34. The first-order valence-electron chi connectivity index (χ1n) is 5.85. The van der Waals surface area contributed by atoms with Gasteiger partial charge in [0.1, 0.15) is 5.92 Å². The molecule has 2 heterocycles. The van der Waals surface area contributed by atoms with E-state index in [4.69, 9.17) is 9.84 Å². The Balaban J connectivity index is 2.06. The molecule has 0 radical (unpaired) electrons. The van der Waals surface area contributed by atoms with Crippen LogP contribution in [-0.4, -0.2) is 35.7 Å². The third-order valence-electron chi connectivity index (χ3n) is 3.17. The van der Waals surface area contributed by atoms with E-state index < -0.39 is 23.9 Å². The highest BCUT2D eigenvalue weighted by Crippen LogP contribution is 2.39. The topological polar surface area (TPSA) is 75.6 Å². The lowest BCUT2D eigenvalue weighted by molar-refractivity contribution is -0.146. The van der Waals surface area contributed by atoms with Crippen LogP contribution in [0, 0.1) is 17.8 Å². The van der Waals surface area contributed by atoms with Crippen molar-refractivity contribution in [2.24, 2.45) is 17.8 Å². The number of aliphatic carboxylic acids is 1. The first-order valence-corrected chi connectivity index (χ1v) is 5.85. The van der Waals surface area contributed by atoms with Crippen LogP contribution in [0.5, 0.6) is 0 Å². The molecule has 4 unspecified atom stereocenters. The van der Waals surface area contributed by atoms with Crippen molar-refractivity contribution in [3.8, 4) is 0 Å². The van der Waals surface area contributed by atoms with Crippen molar-refractivity contribution in [3.63, 3.8) is 0 Å². The van der Waals surface area contributed by atoms with Gasteiger partial charge in [-0.1, -0.05) is 26.0 Å². The number of hydrogen-bond acceptors (Lipinski definition) is 3. The number of fused-ring (bicyclic) bond motifs is 2. The maximum absolute atomic E-state index is 12.0. The van der Waals surface area contributed by atoms with E-state index in [1.807, 2.05) is 13.8 Å². The van der Waals surface area contributed by atoms with Gasteiger partial charge in [-0.05, 0) is 5.92 Å². The smallest absolute Gasteiger partial charge is 0.310 e. The Morgan fingerprint density at radius 1 is 1.29 bits per heavy atom. The normalized spacial score (nSPS) is 34.3. The van der Waals surface area contributed by atoms with Crippen molar-refractivity contribution in [2.75, 3.05) is 6.54 Å². The zero-order valence-corrected chi connectivity index (χ0v) is 9.92. The summed E-state index contributed by atoms with van der Waals surface area (Å²) in [5.41, 5.74) is 0. The van der Waals surface area contributed by atoms with Gasteiger partial charge in [-0.2, -0.15) is 0 Å². The number of amides is 1. The lowest BCUT2D eigenvalue weighted by Gasteiger charge is -2.21. The van der Waals surface area contributed by atoms with Crippen LogP contribution in [0.1, 0.15) is 13.8 Å². The summed E-state index contributed by atoms with van der Waals surface area (Å²) in [4.78, 5) is 23.1. The van der Waals surface area contributed by atoms with E-state index in [-0.39, 0.29) is 12.0 Å². The molecule has 17 heavy (non-hydrogen) atoms. The third-order valence-corrected chi connectivity index (χ3v) is 3.17. The molecule has 2 bridgehead atoms. The van der Waals surface area contributed by atoms with Gasteiger partial charge in [0.25, 0.3) is 0 Å². The third kappa shape index (κ3) is 2.20. The van der Waals surface area contributed by atoms with Gasteiger partial charge in [0, 0.05) is 6.54 Å². The van der Waals surface area contributed by atoms with Crippen molar-refractivity contribution >= 4 is 11.9 Å². The summed E-state index contributed by atoms with van der Waals surface area (Å²) in [6.07, 6.45) is 2.68. The van der Waals surface area contributed by atoms with Gasteiger partial charge in [0.05, 0.1) is 18.1 Å². The summed E-state index contributed by atoms with van der Waals surface area (Å²) in [5.74, 6) is -2.19. The molecule has 4 atom stereocenters. The predicted octanol–water partition coefficient (Wildman–Crippen LogP) is 0.413. The molecule has 0 saturated carbocycles. The average Bonchev–Trinajstić information content (AvgIpc) is 2.84. The van der Waals surface area contributed by atoms with Gasteiger partial charge in [0.15, 0.2) is 0 Å². The number of ether oxygens (including phenoxy) is 1. The predicted molar refractivity (Wildman–Crippen MR) is 60.3 cm³/mol. The molecule has 2 rings (SSSR count). The minimum absolute atomic E-state index is 0.219. The van der Waals surface area contributed by atoms with Crippen LogP contribution in [0.2, 0.25) is 0 Å². The fraction of sp³-hybridized carbons (Fsp3) is 0.667. The molecule has 5 nitrogen and oxygen atoms in total. The zero-order chi connectivity index (χ0) is 12.6. The Kier molecular flexibility index (Phi) is 3.19. The molecule has 0 aromatic rings. The number of hydrogen-bond donors (Lipinski definition) is 2. The minimum Gasteiger partial charge on any atom is -0.481 e. The number of carboxylic acids is 1. The van der Waals surface area contributed by atoms with Crippen molar-refractivity contribution < 1.29 is 19.4 Å². The van der Waals surface area contributed by atoms with Gasteiger partial charge in [-0.15, -0.1) is 0 Å². The van der Waals surface area contributed by atoms with E-state index in [1.165, 1.54) is 0 Å². The Labute approximate surface area is 99.8 Å². The molecule has 1 fully saturated rings. The van der Waals surface area contributed by atoms with Crippen LogP contribution in [0.4, 0.5) is 0 Å². The molecule has 5 heteroatoms. The molecule has 0 spiro atoms. The SMILES string of the molecule is CC(C)CNC(=O)C1C2C=CC(O2)C1C(=O)O. The molecule has 1 amide bonds. The van der Waals surface area contributed by atoms with Crippen LogP contribution in [0.25, 0.3) is 0 Å². The Bertz CT molecular complexity index is 364. The molecule has 2 N–H and O–H groups in total. The molecule has 94 valence electrons. The molecule has 2 aliphatic heterocycles. The highest BCUT2D eigenvalue weighted by Gasteiger charge is 2.53. The van der Waals surface area contributed by atoms with E-state index in [9.17, 15) is 9.59 Å². The van der Waals surface area contributed by atoms with Crippen molar-refractivity contribution in [3.05, 3.63) is 12.2 Å². The number of rotatable bonds is 4. The van der Waals surface area contributed by atoms with Crippen LogP contribution >= 0.6 is 0 Å². The van der Waals surface area contributed by atoms with Crippen molar-refractivity contribution in [2.45, 2.75) is 26.1 Å². The Hall–Kier alpha value is -1.36. The van der Waals surface area contributed by atoms with Gasteiger partial charge < -0.3 is 15.2 Å². The van der Waals surface area contributed by atoms with E-state index in [0.717, 1.165) is 0 Å². The second kappa shape index (κ2) is 4.49. The first kappa shape index (κ1) is 12.1. The summed E-state index contributed by atoms with van der Waals surface area (Å²) in [6, 6.07) is 0. The molecule has 1 saturated heterocycles. The second-order valence-electron chi connectivity index (χ2n) is 4.98. The van der Waals surface area contributed by atoms with Crippen molar-refractivity contribution in [1.82, 2.24) is 5.32 Å². The molecule has 0 aromatic heterocycles. The highest BCUT2D eigenvalue weighted by atomic mass is 16.5. The van der Waals surface area contributed by atoms with E-state index in [2.05, 4.69) is 5.32 Å². The summed E-state index contributed by atoms with van der Waals surface area (Å²) in [5, 5.41) is 11.9. The average molecular weight is 239 g/mol. The zero-order valence-electron chi connectivity index (χ0n) is 9.92. The lowest BCUT2D eigenvalue weighted by atomic mass is 9.82. The number of carboxylic acid groups (broad SMARTS) is 1. The lowest BCUT2D eigenvalue weighted by Crippen LogP contribution is -2.43. The maximum Gasteiger partial charge on any atom is 0.310 e. The molecular formula is C12H17NO4. The van der Waals surface area contributed by atoms with Crippen LogP contribution in [0.15, 0.2) is 12.2 Å². The number of nitrogens with one attached hydrogen (secondary N) is 1. The summed E-state index contributed by atoms with van der Waals surface area (Å²) in [7, 11) is 0. The first-order chi connectivity index (χ1) is 8.00. The van der Waals surface area contributed by atoms with Gasteiger partial charge >= 0.3 is 5.97 Å². The summed E-state index contributed by atoms with van der Waals surface area (Å²) in [6.45, 7) is 4.54. The Morgan fingerprint density at radius 3 is 2.41 bits per heavy atom. The van der Waals surface area contributed by atoms with E-state index >= 15 is 0 Å². The van der Waals surface area contributed by atoms with Crippen molar-refractivity contribution in [1.29, 1.82) is 0 Å².